The van der Waals surface area contributed by atoms with Gasteiger partial charge in [0.15, 0.2) is 5.96 Å². The molecule has 1 heterocycles. The summed E-state index contributed by atoms with van der Waals surface area (Å²) in [6.07, 6.45) is 0.847. The Hall–Kier alpha value is -1.75. The van der Waals surface area contributed by atoms with Crippen LogP contribution in [0, 0.1) is 6.92 Å². The highest BCUT2D eigenvalue weighted by molar-refractivity contribution is 14.0. The summed E-state index contributed by atoms with van der Waals surface area (Å²) < 4.78 is 16.2. The maximum Gasteiger partial charge on any atom is 0.191 e. The number of thiazole rings is 1. The first-order chi connectivity index (χ1) is 12.6. The van der Waals surface area contributed by atoms with E-state index < -0.39 is 0 Å². The van der Waals surface area contributed by atoms with E-state index in [0.29, 0.717) is 29.8 Å². The predicted molar refractivity (Wildman–Crippen MR) is 120 cm³/mol. The average molecular weight is 506 g/mol. The first-order valence-electron chi connectivity index (χ1n) is 8.25. The molecular weight excluding hydrogens is 479 g/mol. The monoisotopic (exact) mass is 506 g/mol. The standard InChI is InChI=1S/C18H26N4O3S.HI/c1-12-22-13(11-26-12)6-7-20-18(19-2)21-10-15-16(24-4)8-14(23-3)9-17(15)25-5;/h8-9,11H,6-7,10H2,1-5H3,(H2,19,20,21);1H. The molecule has 0 fully saturated rings. The van der Waals surface area contributed by atoms with Crippen molar-refractivity contribution in [2.45, 2.75) is 19.9 Å². The van der Waals surface area contributed by atoms with Crippen molar-refractivity contribution in [1.29, 1.82) is 0 Å². The fourth-order valence-electron chi connectivity index (χ4n) is 2.48. The number of benzene rings is 1. The van der Waals surface area contributed by atoms with E-state index in [9.17, 15) is 0 Å². The van der Waals surface area contributed by atoms with E-state index in [1.54, 1.807) is 39.7 Å². The van der Waals surface area contributed by atoms with Gasteiger partial charge in [0, 0.05) is 37.5 Å². The van der Waals surface area contributed by atoms with Crippen LogP contribution in [-0.2, 0) is 13.0 Å². The van der Waals surface area contributed by atoms with Gasteiger partial charge in [-0.1, -0.05) is 0 Å². The number of rotatable bonds is 8. The minimum absolute atomic E-state index is 0. The maximum absolute atomic E-state index is 5.47. The molecule has 0 amide bonds. The van der Waals surface area contributed by atoms with Gasteiger partial charge in [0.05, 0.1) is 44.1 Å². The van der Waals surface area contributed by atoms with Gasteiger partial charge >= 0.3 is 0 Å². The van der Waals surface area contributed by atoms with Gasteiger partial charge in [-0.15, -0.1) is 35.3 Å². The molecule has 9 heteroatoms. The minimum Gasteiger partial charge on any atom is -0.496 e. The number of aromatic nitrogens is 1. The molecule has 2 rings (SSSR count). The van der Waals surface area contributed by atoms with Crippen LogP contribution in [0.2, 0.25) is 0 Å². The quantitative estimate of drug-likeness (QED) is 0.326. The number of hydrogen-bond acceptors (Lipinski definition) is 6. The van der Waals surface area contributed by atoms with E-state index in [1.165, 1.54) is 0 Å². The average Bonchev–Trinajstić information content (AvgIpc) is 3.08. The molecule has 0 saturated heterocycles. The molecule has 2 aromatic rings. The third-order valence-electron chi connectivity index (χ3n) is 3.81. The van der Waals surface area contributed by atoms with Gasteiger partial charge in [-0.25, -0.2) is 4.98 Å². The molecule has 0 spiro atoms. The smallest absolute Gasteiger partial charge is 0.191 e. The number of methoxy groups -OCH3 is 3. The number of nitrogens with zero attached hydrogens (tertiary/aromatic N) is 2. The van der Waals surface area contributed by atoms with Gasteiger partial charge in [0.1, 0.15) is 17.2 Å². The number of nitrogens with one attached hydrogen (secondary N) is 2. The van der Waals surface area contributed by atoms with Gasteiger partial charge in [0.25, 0.3) is 0 Å². The van der Waals surface area contributed by atoms with E-state index in [0.717, 1.165) is 29.2 Å². The van der Waals surface area contributed by atoms with Crippen LogP contribution in [0.25, 0.3) is 0 Å². The minimum atomic E-state index is 0. The normalized spacial score (nSPS) is 10.8. The summed E-state index contributed by atoms with van der Waals surface area (Å²) in [6, 6.07) is 3.67. The van der Waals surface area contributed by atoms with E-state index in [-0.39, 0.29) is 24.0 Å². The molecule has 1 aromatic heterocycles. The van der Waals surface area contributed by atoms with Crippen LogP contribution in [0.4, 0.5) is 0 Å². The van der Waals surface area contributed by atoms with E-state index in [2.05, 4.69) is 26.0 Å². The second-order valence-corrected chi connectivity index (χ2v) is 6.53. The van der Waals surface area contributed by atoms with Crippen LogP contribution >= 0.6 is 35.3 Å². The van der Waals surface area contributed by atoms with Crippen LogP contribution in [0.3, 0.4) is 0 Å². The highest BCUT2D eigenvalue weighted by atomic mass is 127. The number of aryl methyl sites for hydroxylation is 1. The lowest BCUT2D eigenvalue weighted by Crippen LogP contribution is -2.38. The summed E-state index contributed by atoms with van der Waals surface area (Å²) in [5, 5.41) is 9.74. The first-order valence-corrected chi connectivity index (χ1v) is 9.13. The Kier molecular flexibility index (Phi) is 10.2. The summed E-state index contributed by atoms with van der Waals surface area (Å²) in [6.45, 7) is 3.27. The van der Waals surface area contributed by atoms with Gasteiger partial charge < -0.3 is 24.8 Å². The molecule has 0 atom stereocenters. The number of aliphatic imine (C=N–C) groups is 1. The molecule has 7 nitrogen and oxygen atoms in total. The summed E-state index contributed by atoms with van der Waals surface area (Å²) in [5.74, 6) is 2.78. The Labute approximate surface area is 181 Å². The predicted octanol–water partition coefficient (Wildman–Crippen LogP) is 3.00. The van der Waals surface area contributed by atoms with Crippen LogP contribution in [0.5, 0.6) is 17.2 Å². The lowest BCUT2D eigenvalue weighted by Gasteiger charge is -2.17. The van der Waals surface area contributed by atoms with Crippen molar-refractivity contribution >= 4 is 41.3 Å². The number of hydrogen-bond donors (Lipinski definition) is 2. The molecule has 1 aromatic carbocycles. The molecule has 150 valence electrons. The number of ether oxygens (including phenoxy) is 3. The lowest BCUT2D eigenvalue weighted by molar-refractivity contribution is 0.368. The fraction of sp³-hybridized carbons (Fsp3) is 0.444. The maximum atomic E-state index is 5.47. The molecule has 0 aliphatic carbocycles. The molecule has 0 saturated carbocycles. The summed E-state index contributed by atoms with van der Waals surface area (Å²) in [5.41, 5.74) is 1.99. The lowest BCUT2D eigenvalue weighted by atomic mass is 10.1. The Morgan fingerprint density at radius 1 is 1.11 bits per heavy atom. The topological polar surface area (TPSA) is 77.0 Å². The molecular formula is C18H27IN4O3S. The highest BCUT2D eigenvalue weighted by Crippen LogP contribution is 2.33. The van der Waals surface area contributed by atoms with Crippen LogP contribution in [-0.4, -0.2) is 45.9 Å². The highest BCUT2D eigenvalue weighted by Gasteiger charge is 2.13. The Morgan fingerprint density at radius 2 is 1.78 bits per heavy atom. The summed E-state index contributed by atoms with van der Waals surface area (Å²) in [7, 11) is 6.60. The van der Waals surface area contributed by atoms with Crippen LogP contribution in [0.15, 0.2) is 22.5 Å². The van der Waals surface area contributed by atoms with Crippen LogP contribution < -0.4 is 24.8 Å². The second kappa shape index (κ2) is 11.9. The van der Waals surface area contributed by atoms with Crippen LogP contribution in [0.1, 0.15) is 16.3 Å². The van der Waals surface area contributed by atoms with E-state index in [1.807, 2.05) is 19.1 Å². The molecule has 0 unspecified atom stereocenters. The molecule has 27 heavy (non-hydrogen) atoms. The van der Waals surface area contributed by atoms with Crippen molar-refractivity contribution in [2.24, 2.45) is 4.99 Å². The molecule has 0 bridgehead atoms. The number of guanidine groups is 1. The Bertz CT molecular complexity index is 727. The van der Waals surface area contributed by atoms with Gasteiger partial charge in [0.2, 0.25) is 0 Å². The van der Waals surface area contributed by atoms with Crippen molar-refractivity contribution in [3.05, 3.63) is 33.8 Å². The van der Waals surface area contributed by atoms with Crippen molar-refractivity contribution in [3.63, 3.8) is 0 Å². The molecule has 0 aliphatic heterocycles. The SMILES string of the molecule is CN=C(NCCc1csc(C)n1)NCc1c(OC)cc(OC)cc1OC.I. The van der Waals surface area contributed by atoms with Gasteiger partial charge in [-0.2, -0.15) is 0 Å². The Morgan fingerprint density at radius 3 is 2.26 bits per heavy atom. The molecule has 2 N–H and O–H groups in total. The van der Waals surface area contributed by atoms with Crippen molar-refractivity contribution in [3.8, 4) is 17.2 Å². The summed E-state index contributed by atoms with van der Waals surface area (Å²) >= 11 is 1.66. The van der Waals surface area contributed by atoms with Gasteiger partial charge in [-0.05, 0) is 6.92 Å². The van der Waals surface area contributed by atoms with E-state index >= 15 is 0 Å². The Balaban J connectivity index is 0.00000364. The number of halogens is 1. The zero-order chi connectivity index (χ0) is 18.9. The van der Waals surface area contributed by atoms with E-state index in [4.69, 9.17) is 14.2 Å². The third kappa shape index (κ3) is 6.73. The third-order valence-corrected chi connectivity index (χ3v) is 4.64. The zero-order valence-electron chi connectivity index (χ0n) is 16.3. The summed E-state index contributed by atoms with van der Waals surface area (Å²) in [4.78, 5) is 8.72. The van der Waals surface area contributed by atoms with Crippen molar-refractivity contribution < 1.29 is 14.2 Å². The molecule has 0 aliphatic rings. The first kappa shape index (κ1) is 23.3. The fourth-order valence-corrected chi connectivity index (χ4v) is 3.12. The van der Waals surface area contributed by atoms with Crippen molar-refractivity contribution in [2.75, 3.05) is 34.9 Å². The van der Waals surface area contributed by atoms with Gasteiger partial charge in [-0.3, -0.25) is 4.99 Å². The zero-order valence-corrected chi connectivity index (χ0v) is 19.4. The largest absolute Gasteiger partial charge is 0.496 e. The second-order valence-electron chi connectivity index (χ2n) is 5.47. The van der Waals surface area contributed by atoms with Crippen molar-refractivity contribution in [1.82, 2.24) is 15.6 Å². The molecule has 0 radical (unpaired) electrons.